The van der Waals surface area contributed by atoms with Crippen LogP contribution in [0.4, 0.5) is 0 Å². The van der Waals surface area contributed by atoms with Gasteiger partial charge < -0.3 is 0 Å². The Morgan fingerprint density at radius 3 is 2.04 bits per heavy atom. The highest BCUT2D eigenvalue weighted by Crippen LogP contribution is 2.89. The van der Waals surface area contributed by atoms with E-state index in [1.165, 1.54) is 59.5 Å². The molecular formula is C44H33BrN4. The molecule has 0 aliphatic heterocycles. The van der Waals surface area contributed by atoms with Crippen molar-refractivity contribution < 1.29 is 0 Å². The molecule has 2 bridgehead atoms. The van der Waals surface area contributed by atoms with Crippen LogP contribution >= 0.6 is 15.9 Å². The highest BCUT2D eigenvalue weighted by molar-refractivity contribution is 9.10. The minimum atomic E-state index is 0.133. The zero-order valence-corrected chi connectivity index (χ0v) is 28.6. The molecule has 3 heterocycles. The lowest BCUT2D eigenvalue weighted by Gasteiger charge is -2.73. The number of halogens is 1. The molecule has 5 atom stereocenters. The molecule has 4 saturated carbocycles. The average Bonchev–Trinajstić information content (AvgIpc) is 3.62. The summed E-state index contributed by atoms with van der Waals surface area (Å²) in [6, 6.07) is 40.9. The second-order valence-corrected chi connectivity index (χ2v) is 15.9. The Morgan fingerprint density at radius 2 is 1.27 bits per heavy atom. The number of nitrogens with zero attached hydrogens (tertiary/aromatic N) is 4. The van der Waals surface area contributed by atoms with Gasteiger partial charge >= 0.3 is 0 Å². The lowest BCUT2D eigenvalue weighted by Crippen LogP contribution is -2.69. The van der Waals surface area contributed by atoms with Gasteiger partial charge in [-0.1, -0.05) is 107 Å². The Bertz CT molecular complexity index is 2420. The molecule has 0 amide bonds. The molecule has 5 unspecified atom stereocenters. The van der Waals surface area contributed by atoms with E-state index in [4.69, 9.17) is 19.9 Å². The van der Waals surface area contributed by atoms with Gasteiger partial charge in [-0.25, -0.2) is 9.97 Å². The molecule has 1 spiro atoms. The fourth-order valence-corrected chi connectivity index (χ4v) is 11.9. The normalized spacial score (nSPS) is 27.5. The molecule has 0 saturated heterocycles. The molecule has 4 aliphatic carbocycles. The smallest absolute Gasteiger partial charge is 0.160 e. The number of hydrogen-bond acceptors (Lipinski definition) is 4. The molecule has 0 radical (unpaired) electrons. The summed E-state index contributed by atoms with van der Waals surface area (Å²) < 4.78 is 1.13. The van der Waals surface area contributed by atoms with Gasteiger partial charge in [0.05, 0.1) is 22.4 Å². The van der Waals surface area contributed by atoms with E-state index >= 15 is 0 Å². The molecule has 236 valence electrons. The quantitative estimate of drug-likeness (QED) is 0.180. The van der Waals surface area contributed by atoms with E-state index in [1.807, 2.05) is 24.5 Å². The van der Waals surface area contributed by atoms with Crippen LogP contribution in [0.1, 0.15) is 43.2 Å². The summed E-state index contributed by atoms with van der Waals surface area (Å²) in [5, 5.41) is 2.40. The van der Waals surface area contributed by atoms with Crippen molar-refractivity contribution in [3.05, 3.63) is 143 Å². The van der Waals surface area contributed by atoms with Crippen molar-refractivity contribution in [1.29, 1.82) is 0 Å². The largest absolute Gasteiger partial charge is 0.256 e. The van der Waals surface area contributed by atoms with Crippen LogP contribution in [-0.2, 0) is 10.8 Å². The molecule has 4 fully saturated rings. The minimum absolute atomic E-state index is 0.133. The highest BCUT2D eigenvalue weighted by atomic mass is 79.9. The van der Waals surface area contributed by atoms with Crippen LogP contribution < -0.4 is 0 Å². The Morgan fingerprint density at radius 1 is 0.592 bits per heavy atom. The van der Waals surface area contributed by atoms with Crippen molar-refractivity contribution in [3.63, 3.8) is 0 Å². The summed E-state index contributed by atoms with van der Waals surface area (Å²) in [6.07, 6.45) is 10.3. The maximum absolute atomic E-state index is 5.22. The van der Waals surface area contributed by atoms with Crippen LogP contribution in [0, 0.1) is 17.3 Å². The summed E-state index contributed by atoms with van der Waals surface area (Å²) in [4.78, 5) is 20.5. The second-order valence-electron chi connectivity index (χ2n) is 15.0. The van der Waals surface area contributed by atoms with Gasteiger partial charge in [0.15, 0.2) is 5.82 Å². The van der Waals surface area contributed by atoms with Crippen LogP contribution in [0.15, 0.2) is 132 Å². The van der Waals surface area contributed by atoms with Gasteiger partial charge in [-0.05, 0) is 90.2 Å². The van der Waals surface area contributed by atoms with Crippen LogP contribution in [0.2, 0.25) is 0 Å². The van der Waals surface area contributed by atoms with Gasteiger partial charge in [-0.3, -0.25) is 9.97 Å². The van der Waals surface area contributed by atoms with Crippen LogP contribution in [-0.4, -0.2) is 19.9 Å². The Balaban J connectivity index is 1.08. The van der Waals surface area contributed by atoms with Crippen molar-refractivity contribution in [1.82, 2.24) is 19.9 Å². The number of hydrogen-bond donors (Lipinski definition) is 0. The molecule has 0 N–H and O–H groups in total. The Hall–Kier alpha value is -4.74. The third-order valence-corrected chi connectivity index (χ3v) is 13.8. The lowest BCUT2D eigenvalue weighted by atomic mass is 9.30. The summed E-state index contributed by atoms with van der Waals surface area (Å²) in [5.74, 6) is 2.32. The van der Waals surface area contributed by atoms with E-state index in [2.05, 4.69) is 119 Å². The minimum Gasteiger partial charge on any atom is -0.256 e. The fraction of sp³-hybridized carbons (Fsp3) is 0.227. The standard InChI is InChI=1S/C44H33BrN4/c45-36-18-17-34(40-33(36)14-8-20-47-40)42-23-29-21-30-24-43(25-42,44(29,30)26-42)35-16-15-31(32-13-7-19-46-39(32)35)38-22-37(27-9-3-1-4-10-27)48-41(49-38)28-11-5-2-6-12-28/h1-20,22,29-30H,21,23-26H2. The van der Waals surface area contributed by atoms with Crippen molar-refractivity contribution in [2.75, 3.05) is 0 Å². The molecule has 4 aliphatic rings. The monoisotopic (exact) mass is 696 g/mol. The zero-order chi connectivity index (χ0) is 32.4. The van der Waals surface area contributed by atoms with Crippen molar-refractivity contribution in [2.45, 2.75) is 42.9 Å². The van der Waals surface area contributed by atoms with Crippen LogP contribution in [0.25, 0.3) is 55.7 Å². The third-order valence-electron chi connectivity index (χ3n) is 13.1. The predicted octanol–water partition coefficient (Wildman–Crippen LogP) is 10.7. The molecule has 4 nitrogen and oxygen atoms in total. The van der Waals surface area contributed by atoms with E-state index < -0.39 is 0 Å². The van der Waals surface area contributed by atoms with Gasteiger partial charge in [0, 0.05) is 49.7 Å². The van der Waals surface area contributed by atoms with Crippen molar-refractivity contribution in [2.24, 2.45) is 17.3 Å². The van der Waals surface area contributed by atoms with Crippen molar-refractivity contribution in [3.8, 4) is 33.9 Å². The fourth-order valence-electron chi connectivity index (χ4n) is 11.4. The molecule has 5 heteroatoms. The molecule has 49 heavy (non-hydrogen) atoms. The number of rotatable bonds is 5. The van der Waals surface area contributed by atoms with Crippen LogP contribution in [0.3, 0.4) is 0 Å². The Kier molecular flexibility index (Phi) is 5.69. The first-order valence-corrected chi connectivity index (χ1v) is 18.3. The predicted molar refractivity (Wildman–Crippen MR) is 199 cm³/mol. The average molecular weight is 698 g/mol. The summed E-state index contributed by atoms with van der Waals surface area (Å²) in [6.45, 7) is 0. The van der Waals surface area contributed by atoms with E-state index in [-0.39, 0.29) is 10.8 Å². The SMILES string of the molecule is Brc1ccc(C23CC4CC5CC(c6ccc(-c7cc(-c8ccccc8)nc(-c8ccccc8)n7)c7cccnc67)(C2)C45C3)c2ncccc12. The maximum Gasteiger partial charge on any atom is 0.160 e. The van der Waals surface area contributed by atoms with Gasteiger partial charge in [-0.2, -0.15) is 0 Å². The topological polar surface area (TPSA) is 51.6 Å². The number of pyridine rings is 2. The summed E-state index contributed by atoms with van der Waals surface area (Å²) in [5.41, 5.74) is 10.9. The van der Waals surface area contributed by atoms with E-state index in [1.54, 1.807) is 0 Å². The zero-order valence-electron chi connectivity index (χ0n) is 27.0. The first-order valence-electron chi connectivity index (χ1n) is 17.5. The third kappa shape index (κ3) is 3.64. The summed E-state index contributed by atoms with van der Waals surface area (Å²) >= 11 is 3.82. The first kappa shape index (κ1) is 28.1. The van der Waals surface area contributed by atoms with Gasteiger partial charge in [-0.15, -0.1) is 0 Å². The van der Waals surface area contributed by atoms with E-state index in [0.29, 0.717) is 5.41 Å². The first-order chi connectivity index (χ1) is 24.1. The van der Waals surface area contributed by atoms with Gasteiger partial charge in [0.1, 0.15) is 0 Å². The van der Waals surface area contributed by atoms with Crippen LogP contribution in [0.5, 0.6) is 0 Å². The molecule has 4 aromatic carbocycles. The van der Waals surface area contributed by atoms with Gasteiger partial charge in [0.25, 0.3) is 0 Å². The molecule has 7 aromatic rings. The highest BCUT2D eigenvalue weighted by Gasteiger charge is 2.84. The van der Waals surface area contributed by atoms with E-state index in [9.17, 15) is 0 Å². The van der Waals surface area contributed by atoms with Crippen molar-refractivity contribution >= 4 is 37.7 Å². The number of aromatic nitrogens is 4. The Labute approximate surface area is 293 Å². The summed E-state index contributed by atoms with van der Waals surface area (Å²) in [7, 11) is 0. The number of fused-ring (bicyclic) bond motifs is 3. The maximum atomic E-state index is 5.22. The van der Waals surface area contributed by atoms with E-state index in [0.717, 1.165) is 55.7 Å². The number of benzene rings is 4. The molecule has 11 rings (SSSR count). The van der Waals surface area contributed by atoms with Gasteiger partial charge in [0.2, 0.25) is 0 Å². The second kappa shape index (κ2) is 9.92. The molecule has 3 aromatic heterocycles. The molecular weight excluding hydrogens is 664 g/mol. The lowest BCUT2D eigenvalue weighted by molar-refractivity contribution is -0.199.